The molecule has 0 fully saturated rings. The zero-order valence-corrected chi connectivity index (χ0v) is 15.7. The second-order valence-electron chi connectivity index (χ2n) is 6.89. The fourth-order valence-electron chi connectivity index (χ4n) is 3.48. The maximum atomic E-state index is 13.1. The minimum atomic E-state index is -0.0889. The topological polar surface area (TPSA) is 60.9 Å². The maximum absolute atomic E-state index is 13.1. The van der Waals surface area contributed by atoms with Gasteiger partial charge in [0.05, 0.1) is 5.56 Å². The van der Waals surface area contributed by atoms with Crippen LogP contribution in [-0.2, 0) is 0 Å². The van der Waals surface area contributed by atoms with Crippen LogP contribution in [0, 0.1) is 6.92 Å². The van der Waals surface area contributed by atoms with Crippen LogP contribution in [0.2, 0.25) is 0 Å². The number of aromatic nitrogens is 3. The first-order valence-electron chi connectivity index (χ1n) is 9.32. The average Bonchev–Trinajstić information content (AvgIpc) is 3.25. The summed E-state index contributed by atoms with van der Waals surface area (Å²) in [7, 11) is 0. The van der Waals surface area contributed by atoms with Crippen molar-refractivity contribution in [2.45, 2.75) is 6.92 Å². The van der Waals surface area contributed by atoms with E-state index in [1.165, 1.54) is 0 Å². The van der Waals surface area contributed by atoms with Crippen molar-refractivity contribution in [3.05, 3.63) is 101 Å². The highest BCUT2D eigenvalue weighted by Crippen LogP contribution is 2.28. The number of fused-ring (bicyclic) bond motifs is 1. The summed E-state index contributed by atoms with van der Waals surface area (Å²) in [5.41, 5.74) is 3.42. The number of pyridine rings is 1. The van der Waals surface area contributed by atoms with Gasteiger partial charge in [-0.25, -0.2) is 0 Å². The van der Waals surface area contributed by atoms with Gasteiger partial charge in [0.1, 0.15) is 0 Å². The van der Waals surface area contributed by atoms with Gasteiger partial charge in [-0.05, 0) is 31.2 Å². The average molecular weight is 379 g/mol. The first-order chi connectivity index (χ1) is 14.2. The molecule has 0 radical (unpaired) electrons. The lowest BCUT2D eigenvalue weighted by molar-refractivity contribution is 0.432. The highest BCUT2D eigenvalue weighted by molar-refractivity contribution is 5.94. The summed E-state index contributed by atoms with van der Waals surface area (Å²) in [5.74, 6) is 0.896. The van der Waals surface area contributed by atoms with Crippen molar-refractivity contribution in [3.8, 4) is 28.5 Å². The fraction of sp³-hybridized carbons (Fsp3) is 0.0417. The number of para-hydroxylation sites is 1. The lowest BCUT2D eigenvalue weighted by Crippen LogP contribution is -2.18. The molecular formula is C24H17N3O2. The van der Waals surface area contributed by atoms with Crippen molar-refractivity contribution in [1.82, 2.24) is 14.7 Å². The Labute approximate surface area is 166 Å². The van der Waals surface area contributed by atoms with Gasteiger partial charge in [-0.1, -0.05) is 65.3 Å². The van der Waals surface area contributed by atoms with Gasteiger partial charge in [-0.15, -0.1) is 0 Å². The molecule has 140 valence electrons. The van der Waals surface area contributed by atoms with Crippen LogP contribution in [0.3, 0.4) is 0 Å². The minimum absolute atomic E-state index is 0.0889. The number of nitrogens with zero attached hydrogens (tertiary/aromatic N) is 3. The van der Waals surface area contributed by atoms with Crippen LogP contribution < -0.4 is 5.56 Å². The van der Waals surface area contributed by atoms with Crippen LogP contribution in [0.15, 0.2) is 94.4 Å². The monoisotopic (exact) mass is 379 g/mol. The minimum Gasteiger partial charge on any atom is -0.334 e. The van der Waals surface area contributed by atoms with Crippen molar-refractivity contribution < 1.29 is 4.52 Å². The maximum Gasteiger partial charge on any atom is 0.262 e. The zero-order chi connectivity index (χ0) is 19.8. The summed E-state index contributed by atoms with van der Waals surface area (Å²) in [6.07, 6.45) is 1.77. The molecule has 5 aromatic rings. The normalized spacial score (nSPS) is 11.1. The third-order valence-corrected chi connectivity index (χ3v) is 4.89. The predicted molar refractivity (Wildman–Crippen MR) is 113 cm³/mol. The SMILES string of the molecule is Cc1cccc(-c2noc(-c3cn(-c4ccccc4)c(=O)c4ccccc34)n2)c1. The molecule has 2 heterocycles. The number of aryl methyl sites for hydroxylation is 1. The largest absolute Gasteiger partial charge is 0.334 e. The molecule has 5 rings (SSSR count). The van der Waals surface area contributed by atoms with Crippen LogP contribution in [0.1, 0.15) is 5.56 Å². The van der Waals surface area contributed by atoms with Gasteiger partial charge < -0.3 is 4.52 Å². The number of benzene rings is 3. The Bertz CT molecular complexity index is 1380. The Morgan fingerprint density at radius 2 is 1.62 bits per heavy atom. The van der Waals surface area contributed by atoms with E-state index < -0.39 is 0 Å². The van der Waals surface area contributed by atoms with Crippen LogP contribution in [0.25, 0.3) is 39.3 Å². The third-order valence-electron chi connectivity index (χ3n) is 4.89. The summed E-state index contributed by atoms with van der Waals surface area (Å²) in [6, 6.07) is 24.9. The molecule has 0 saturated heterocycles. The molecule has 3 aromatic carbocycles. The van der Waals surface area contributed by atoms with E-state index in [1.807, 2.05) is 85.8 Å². The lowest BCUT2D eigenvalue weighted by Gasteiger charge is -2.10. The quantitative estimate of drug-likeness (QED) is 0.442. The van der Waals surface area contributed by atoms with Crippen molar-refractivity contribution in [2.75, 3.05) is 0 Å². The van der Waals surface area contributed by atoms with Crippen molar-refractivity contribution in [1.29, 1.82) is 0 Å². The molecule has 5 heteroatoms. The van der Waals surface area contributed by atoms with Gasteiger partial charge >= 0.3 is 0 Å². The molecule has 0 unspecified atom stereocenters. The smallest absolute Gasteiger partial charge is 0.262 e. The fourth-order valence-corrected chi connectivity index (χ4v) is 3.48. The van der Waals surface area contributed by atoms with E-state index >= 15 is 0 Å². The Morgan fingerprint density at radius 3 is 2.41 bits per heavy atom. The number of hydrogen-bond acceptors (Lipinski definition) is 4. The van der Waals surface area contributed by atoms with Crippen LogP contribution in [0.4, 0.5) is 0 Å². The second-order valence-corrected chi connectivity index (χ2v) is 6.89. The van der Waals surface area contributed by atoms with E-state index in [0.717, 1.165) is 27.8 Å². The van der Waals surface area contributed by atoms with Crippen molar-refractivity contribution >= 4 is 10.8 Å². The van der Waals surface area contributed by atoms with Gasteiger partial charge in [0.15, 0.2) is 0 Å². The highest BCUT2D eigenvalue weighted by atomic mass is 16.5. The van der Waals surface area contributed by atoms with Gasteiger partial charge in [0, 0.05) is 28.2 Å². The standard InChI is InChI=1S/C24H17N3O2/c1-16-8-7-9-17(14-16)22-25-23(29-26-22)21-15-27(18-10-3-2-4-11-18)24(28)20-13-6-5-12-19(20)21/h2-15H,1H3. The Morgan fingerprint density at radius 1 is 0.862 bits per heavy atom. The first-order valence-corrected chi connectivity index (χ1v) is 9.32. The zero-order valence-electron chi connectivity index (χ0n) is 15.7. The molecule has 0 aliphatic heterocycles. The number of hydrogen-bond donors (Lipinski definition) is 0. The Hall–Kier alpha value is -3.99. The van der Waals surface area contributed by atoms with E-state index in [0.29, 0.717) is 17.1 Å². The molecule has 0 bridgehead atoms. The van der Waals surface area contributed by atoms with E-state index in [2.05, 4.69) is 10.1 Å². The Kier molecular flexibility index (Phi) is 4.06. The summed E-state index contributed by atoms with van der Waals surface area (Å²) >= 11 is 0. The molecule has 0 amide bonds. The Balaban J connectivity index is 1.73. The summed E-state index contributed by atoms with van der Waals surface area (Å²) in [5, 5.41) is 5.54. The van der Waals surface area contributed by atoms with E-state index in [1.54, 1.807) is 10.8 Å². The molecule has 0 atom stereocenters. The summed E-state index contributed by atoms with van der Waals surface area (Å²) < 4.78 is 7.23. The molecule has 0 N–H and O–H groups in total. The number of rotatable bonds is 3. The van der Waals surface area contributed by atoms with Crippen molar-refractivity contribution in [3.63, 3.8) is 0 Å². The molecular weight excluding hydrogens is 362 g/mol. The van der Waals surface area contributed by atoms with Gasteiger partial charge in [0.2, 0.25) is 5.82 Å². The van der Waals surface area contributed by atoms with E-state index in [4.69, 9.17) is 4.52 Å². The highest BCUT2D eigenvalue weighted by Gasteiger charge is 2.17. The van der Waals surface area contributed by atoms with E-state index in [-0.39, 0.29) is 5.56 Å². The second kappa shape index (κ2) is 6.87. The predicted octanol–water partition coefficient (Wildman–Crippen LogP) is 5.02. The van der Waals surface area contributed by atoms with Crippen LogP contribution in [0.5, 0.6) is 0 Å². The molecule has 5 nitrogen and oxygen atoms in total. The van der Waals surface area contributed by atoms with Crippen LogP contribution >= 0.6 is 0 Å². The van der Waals surface area contributed by atoms with E-state index in [9.17, 15) is 4.79 Å². The molecule has 29 heavy (non-hydrogen) atoms. The van der Waals surface area contributed by atoms with Gasteiger partial charge in [-0.2, -0.15) is 4.98 Å². The van der Waals surface area contributed by atoms with Gasteiger partial charge in [0.25, 0.3) is 11.4 Å². The molecule has 0 aliphatic carbocycles. The summed E-state index contributed by atoms with van der Waals surface area (Å²) in [4.78, 5) is 17.7. The first kappa shape index (κ1) is 17.1. The molecule has 0 spiro atoms. The molecule has 0 saturated carbocycles. The lowest BCUT2D eigenvalue weighted by atomic mass is 10.1. The van der Waals surface area contributed by atoms with Crippen molar-refractivity contribution in [2.24, 2.45) is 0 Å². The molecule has 2 aromatic heterocycles. The molecule has 0 aliphatic rings. The van der Waals surface area contributed by atoms with Crippen LogP contribution in [-0.4, -0.2) is 14.7 Å². The summed E-state index contributed by atoms with van der Waals surface area (Å²) in [6.45, 7) is 2.02. The van der Waals surface area contributed by atoms with Gasteiger partial charge in [-0.3, -0.25) is 9.36 Å². The third kappa shape index (κ3) is 3.02.